The average molecular weight is 622 g/mol. The van der Waals surface area contributed by atoms with E-state index in [-0.39, 0.29) is 17.9 Å². The highest BCUT2D eigenvalue weighted by Crippen LogP contribution is 2.32. The quantitative estimate of drug-likeness (QED) is 0.163. The van der Waals surface area contributed by atoms with E-state index in [0.29, 0.717) is 43.3 Å². The Labute approximate surface area is 241 Å². The number of nitro groups is 1. The second kappa shape index (κ2) is 10.8. The number of thiazole rings is 1. The minimum absolute atomic E-state index is 0.0157. The number of esters is 1. The minimum atomic E-state index is -0.714. The standard InChI is InChI=1S/C29H24BrN3O6S/c1-5-38-28(35)25-17(4)31-29-32(26(25)18-6-8-20(30)9-7-18)27(34)24(40-29)14-21-10-11-23(39-21)19-12-15(2)16(3)22(13-19)33(36)37/h6-14,26H,5H2,1-4H3/b24-14-/t26-/m1/s1. The number of hydrogen-bond donors (Lipinski definition) is 0. The van der Waals surface area contributed by atoms with Crippen molar-refractivity contribution in [3.63, 3.8) is 0 Å². The molecule has 0 saturated heterocycles. The van der Waals surface area contributed by atoms with Gasteiger partial charge in [-0.2, -0.15) is 0 Å². The number of rotatable bonds is 6. The van der Waals surface area contributed by atoms with Crippen LogP contribution in [0.1, 0.15) is 42.3 Å². The van der Waals surface area contributed by atoms with Gasteiger partial charge in [0.05, 0.1) is 33.4 Å². The largest absolute Gasteiger partial charge is 0.463 e. The SMILES string of the molecule is CCOC(=O)C1=C(C)N=c2s/c(=C\c3ccc(-c4cc(C)c(C)c([N+](=O)[O-])c4)o3)c(=O)n2[C@@H]1c1ccc(Br)cc1. The van der Waals surface area contributed by atoms with Gasteiger partial charge in [0.25, 0.3) is 11.2 Å². The first-order chi connectivity index (χ1) is 19.1. The van der Waals surface area contributed by atoms with Gasteiger partial charge < -0.3 is 9.15 Å². The van der Waals surface area contributed by atoms with E-state index in [4.69, 9.17) is 9.15 Å². The summed E-state index contributed by atoms with van der Waals surface area (Å²) in [5, 5.41) is 11.5. The Morgan fingerprint density at radius 3 is 2.60 bits per heavy atom. The van der Waals surface area contributed by atoms with E-state index in [1.165, 1.54) is 22.0 Å². The highest BCUT2D eigenvalue weighted by molar-refractivity contribution is 9.10. The summed E-state index contributed by atoms with van der Waals surface area (Å²) in [6, 6.07) is 13.4. The van der Waals surface area contributed by atoms with Gasteiger partial charge in [0.2, 0.25) is 0 Å². The van der Waals surface area contributed by atoms with E-state index < -0.39 is 16.9 Å². The lowest BCUT2D eigenvalue weighted by molar-refractivity contribution is -0.385. The molecule has 2 aromatic heterocycles. The molecule has 0 N–H and O–H groups in total. The Hall–Kier alpha value is -4.09. The predicted molar refractivity (Wildman–Crippen MR) is 155 cm³/mol. The number of allylic oxidation sites excluding steroid dienone is 1. The number of halogens is 1. The van der Waals surface area contributed by atoms with Crippen LogP contribution in [0.15, 0.2) is 78.5 Å². The Morgan fingerprint density at radius 1 is 1.20 bits per heavy atom. The molecule has 204 valence electrons. The van der Waals surface area contributed by atoms with Gasteiger partial charge in [0.1, 0.15) is 11.5 Å². The molecule has 11 heteroatoms. The van der Waals surface area contributed by atoms with Gasteiger partial charge in [-0.1, -0.05) is 39.4 Å². The van der Waals surface area contributed by atoms with Gasteiger partial charge >= 0.3 is 5.97 Å². The molecule has 0 radical (unpaired) electrons. The number of benzene rings is 2. The number of nitro benzene ring substituents is 1. The van der Waals surface area contributed by atoms with E-state index in [2.05, 4.69) is 20.9 Å². The molecular formula is C29H24BrN3O6S. The summed E-state index contributed by atoms with van der Waals surface area (Å²) < 4.78 is 14.1. The van der Waals surface area contributed by atoms with Crippen LogP contribution >= 0.6 is 27.3 Å². The van der Waals surface area contributed by atoms with Crippen molar-refractivity contribution in [2.45, 2.75) is 33.7 Å². The summed E-state index contributed by atoms with van der Waals surface area (Å²) in [7, 11) is 0. The predicted octanol–water partition coefficient (Wildman–Crippen LogP) is 5.35. The molecule has 1 aliphatic heterocycles. The minimum Gasteiger partial charge on any atom is -0.463 e. The van der Waals surface area contributed by atoms with Crippen LogP contribution in [0.25, 0.3) is 17.4 Å². The molecule has 0 aliphatic carbocycles. The first-order valence-electron chi connectivity index (χ1n) is 12.4. The van der Waals surface area contributed by atoms with Crippen LogP contribution in [-0.4, -0.2) is 22.1 Å². The van der Waals surface area contributed by atoms with Crippen molar-refractivity contribution < 1.29 is 18.9 Å². The van der Waals surface area contributed by atoms with E-state index in [1.54, 1.807) is 39.0 Å². The van der Waals surface area contributed by atoms with E-state index >= 15 is 0 Å². The van der Waals surface area contributed by atoms with Crippen molar-refractivity contribution >= 4 is 45.0 Å². The number of aromatic nitrogens is 1. The third-order valence-corrected chi connectivity index (χ3v) is 8.24. The maximum atomic E-state index is 13.8. The molecule has 5 rings (SSSR count). The number of hydrogen-bond acceptors (Lipinski definition) is 8. The normalized spacial score (nSPS) is 15.1. The Balaban J connectivity index is 1.62. The lowest BCUT2D eigenvalue weighted by Crippen LogP contribution is -2.39. The molecule has 0 fully saturated rings. The summed E-state index contributed by atoms with van der Waals surface area (Å²) in [6.07, 6.45) is 1.62. The molecule has 3 heterocycles. The molecule has 9 nitrogen and oxygen atoms in total. The first-order valence-corrected chi connectivity index (χ1v) is 14.0. The number of carbonyl (C=O) groups is 1. The third-order valence-electron chi connectivity index (χ3n) is 6.72. The molecule has 4 aromatic rings. The fourth-order valence-corrected chi connectivity index (χ4v) is 5.93. The summed E-state index contributed by atoms with van der Waals surface area (Å²) in [5.74, 6) is 0.324. The Morgan fingerprint density at radius 2 is 1.93 bits per heavy atom. The molecule has 0 spiro atoms. The smallest absolute Gasteiger partial charge is 0.338 e. The van der Waals surface area contributed by atoms with Gasteiger partial charge in [0.15, 0.2) is 4.80 Å². The van der Waals surface area contributed by atoms with E-state index in [1.807, 2.05) is 37.3 Å². The van der Waals surface area contributed by atoms with Gasteiger partial charge in [-0.05, 0) is 69.2 Å². The van der Waals surface area contributed by atoms with E-state index in [9.17, 15) is 19.7 Å². The van der Waals surface area contributed by atoms with Crippen molar-refractivity contribution in [1.29, 1.82) is 0 Å². The number of furan rings is 1. The summed E-state index contributed by atoms with van der Waals surface area (Å²) >= 11 is 4.63. The van der Waals surface area contributed by atoms with E-state index in [0.717, 1.165) is 15.6 Å². The average Bonchev–Trinajstić information content (AvgIpc) is 3.49. The molecule has 2 aromatic carbocycles. The lowest BCUT2D eigenvalue weighted by Gasteiger charge is -2.24. The zero-order valence-corrected chi connectivity index (χ0v) is 24.5. The van der Waals surface area contributed by atoms with Gasteiger partial charge in [-0.3, -0.25) is 19.5 Å². The number of fused-ring (bicyclic) bond motifs is 1. The molecule has 0 unspecified atom stereocenters. The topological polar surface area (TPSA) is 117 Å². The van der Waals surface area contributed by atoms with Crippen LogP contribution in [0.2, 0.25) is 0 Å². The Bertz CT molecular complexity index is 1880. The maximum Gasteiger partial charge on any atom is 0.338 e. The summed E-state index contributed by atoms with van der Waals surface area (Å²) in [4.78, 5) is 42.9. The second-order valence-electron chi connectivity index (χ2n) is 9.25. The van der Waals surface area contributed by atoms with Crippen molar-refractivity contribution in [2.75, 3.05) is 6.61 Å². The summed E-state index contributed by atoms with van der Waals surface area (Å²) in [5.41, 5.74) is 3.16. The highest BCUT2D eigenvalue weighted by Gasteiger charge is 2.33. The Kier molecular flexibility index (Phi) is 7.43. The lowest BCUT2D eigenvalue weighted by atomic mass is 9.96. The third kappa shape index (κ3) is 4.98. The second-order valence-corrected chi connectivity index (χ2v) is 11.2. The number of nitrogens with zero attached hydrogens (tertiary/aromatic N) is 3. The fraction of sp³-hybridized carbons (Fsp3) is 0.207. The van der Waals surface area contributed by atoms with Crippen LogP contribution in [0.4, 0.5) is 5.69 Å². The molecule has 40 heavy (non-hydrogen) atoms. The number of aryl methyl sites for hydroxylation is 1. The molecular weight excluding hydrogens is 598 g/mol. The fourth-order valence-electron chi connectivity index (χ4n) is 4.64. The van der Waals surface area contributed by atoms with Gasteiger partial charge in [0, 0.05) is 27.7 Å². The molecule has 1 atom stereocenters. The zero-order chi connectivity index (χ0) is 28.7. The molecule has 0 bridgehead atoms. The van der Waals surface area contributed by atoms with Crippen LogP contribution in [0.5, 0.6) is 0 Å². The van der Waals surface area contributed by atoms with Crippen LogP contribution in [0.3, 0.4) is 0 Å². The van der Waals surface area contributed by atoms with Crippen molar-refractivity contribution in [3.8, 4) is 11.3 Å². The van der Waals surface area contributed by atoms with Gasteiger partial charge in [-0.15, -0.1) is 0 Å². The van der Waals surface area contributed by atoms with Gasteiger partial charge in [-0.25, -0.2) is 9.79 Å². The van der Waals surface area contributed by atoms with Crippen molar-refractivity contribution in [1.82, 2.24) is 4.57 Å². The monoisotopic (exact) mass is 621 g/mol. The van der Waals surface area contributed by atoms with Crippen LogP contribution < -0.4 is 14.9 Å². The molecule has 1 aliphatic rings. The molecule has 0 amide bonds. The van der Waals surface area contributed by atoms with Crippen molar-refractivity contribution in [3.05, 3.63) is 117 Å². The molecule has 0 saturated carbocycles. The van der Waals surface area contributed by atoms with Crippen LogP contribution in [0, 0.1) is 24.0 Å². The summed E-state index contributed by atoms with van der Waals surface area (Å²) in [6.45, 7) is 7.17. The number of ether oxygens (including phenoxy) is 1. The highest BCUT2D eigenvalue weighted by atomic mass is 79.9. The maximum absolute atomic E-state index is 13.8. The first kappa shape index (κ1) is 27.5. The zero-order valence-electron chi connectivity index (χ0n) is 22.1. The van der Waals surface area contributed by atoms with Crippen molar-refractivity contribution in [2.24, 2.45) is 4.99 Å². The van der Waals surface area contributed by atoms with Crippen LogP contribution in [-0.2, 0) is 9.53 Å². The number of carbonyl (C=O) groups excluding carboxylic acids is 1.